The molecule has 0 aliphatic heterocycles. The molecule has 0 radical (unpaired) electrons. The van der Waals surface area contributed by atoms with Gasteiger partial charge in [0.1, 0.15) is 0 Å². The quantitative estimate of drug-likeness (QED) is 0.560. The molecule has 0 rings (SSSR count). The van der Waals surface area contributed by atoms with E-state index in [0.717, 1.165) is 38.9 Å². The van der Waals surface area contributed by atoms with Crippen LogP contribution in [-0.2, 0) is 9.47 Å². The van der Waals surface area contributed by atoms with Crippen LogP contribution in [0, 0.1) is 0 Å². The lowest BCUT2D eigenvalue weighted by Crippen LogP contribution is -2.33. The highest BCUT2D eigenvalue weighted by Gasteiger charge is 2.25. The van der Waals surface area contributed by atoms with Gasteiger partial charge in [-0.25, -0.2) is 0 Å². The van der Waals surface area contributed by atoms with Crippen LogP contribution >= 0.6 is 0 Å². The van der Waals surface area contributed by atoms with Gasteiger partial charge in [0.05, 0.1) is 17.8 Å². The largest absolute Gasteiger partial charge is 0.375 e. The normalized spacial score (nSPS) is 18.7. The number of hydrogen-bond acceptors (Lipinski definition) is 2. The minimum absolute atomic E-state index is 0.0182. The van der Waals surface area contributed by atoms with Gasteiger partial charge < -0.3 is 9.47 Å². The molecule has 0 fully saturated rings. The summed E-state index contributed by atoms with van der Waals surface area (Å²) in [5.74, 6) is 0. The van der Waals surface area contributed by atoms with Crippen LogP contribution in [-0.4, -0.2) is 24.4 Å². The smallest absolute Gasteiger partial charge is 0.0673 e. The Morgan fingerprint density at radius 2 is 1.29 bits per heavy atom. The Bertz CT molecular complexity index is 173. The topological polar surface area (TPSA) is 18.5 Å². The van der Waals surface area contributed by atoms with Crippen LogP contribution in [0.5, 0.6) is 0 Å². The minimum atomic E-state index is -0.0182. The van der Waals surface area contributed by atoms with Crippen molar-refractivity contribution >= 4 is 0 Å². The van der Waals surface area contributed by atoms with Gasteiger partial charge in [-0.05, 0) is 46.5 Å². The first kappa shape index (κ1) is 16.9. The zero-order chi connectivity index (χ0) is 13.4. The maximum Gasteiger partial charge on any atom is 0.0673 e. The molecule has 0 saturated heterocycles. The fourth-order valence-electron chi connectivity index (χ4n) is 2.09. The van der Waals surface area contributed by atoms with Crippen molar-refractivity contribution in [2.45, 2.75) is 84.8 Å². The van der Waals surface area contributed by atoms with Crippen molar-refractivity contribution in [3.8, 4) is 0 Å². The van der Waals surface area contributed by atoms with Gasteiger partial charge in [0.25, 0.3) is 0 Å². The molecule has 0 aromatic heterocycles. The van der Waals surface area contributed by atoms with Gasteiger partial charge >= 0.3 is 0 Å². The van der Waals surface area contributed by atoms with Crippen molar-refractivity contribution < 1.29 is 9.47 Å². The summed E-state index contributed by atoms with van der Waals surface area (Å²) in [7, 11) is 0. The first-order valence-corrected chi connectivity index (χ1v) is 7.23. The predicted octanol–water partition coefficient (Wildman–Crippen LogP) is 4.57. The Labute approximate surface area is 108 Å². The molecular weight excluding hydrogens is 212 g/mol. The molecule has 2 atom stereocenters. The number of ether oxygens (including phenoxy) is 2. The van der Waals surface area contributed by atoms with Crippen LogP contribution in [0.4, 0.5) is 0 Å². The molecule has 0 N–H and O–H groups in total. The molecule has 0 saturated carbocycles. The van der Waals surface area contributed by atoms with Crippen LogP contribution in [0.2, 0.25) is 0 Å². The van der Waals surface area contributed by atoms with E-state index < -0.39 is 0 Å². The van der Waals surface area contributed by atoms with Gasteiger partial charge in [-0.15, -0.1) is 0 Å². The average Bonchev–Trinajstić information content (AvgIpc) is 2.30. The lowest BCUT2D eigenvalue weighted by atomic mass is 9.96. The molecule has 104 valence electrons. The van der Waals surface area contributed by atoms with Crippen LogP contribution in [0.25, 0.3) is 0 Å². The zero-order valence-electron chi connectivity index (χ0n) is 12.8. The van der Waals surface area contributed by atoms with E-state index in [9.17, 15) is 0 Å². The Morgan fingerprint density at radius 1 is 0.765 bits per heavy atom. The van der Waals surface area contributed by atoms with Crippen molar-refractivity contribution in [1.29, 1.82) is 0 Å². The molecule has 0 aliphatic rings. The Morgan fingerprint density at radius 3 is 1.71 bits per heavy atom. The summed E-state index contributed by atoms with van der Waals surface area (Å²) < 4.78 is 11.9. The molecule has 17 heavy (non-hydrogen) atoms. The second-order valence-corrected chi connectivity index (χ2v) is 5.39. The van der Waals surface area contributed by atoms with E-state index in [4.69, 9.17) is 9.47 Å². The van der Waals surface area contributed by atoms with Gasteiger partial charge in [-0.3, -0.25) is 0 Å². The maximum absolute atomic E-state index is 6.08. The van der Waals surface area contributed by atoms with E-state index in [2.05, 4.69) is 41.5 Å². The fourth-order valence-corrected chi connectivity index (χ4v) is 2.09. The molecular formula is C15H32O2. The number of hydrogen-bond donors (Lipinski definition) is 0. The van der Waals surface area contributed by atoms with Crippen LogP contribution < -0.4 is 0 Å². The van der Waals surface area contributed by atoms with Crippen molar-refractivity contribution in [3.63, 3.8) is 0 Å². The standard InChI is InChI=1S/C15H32O2/c1-7-11-14(5,8-2)17-13-12-15(6,9-3)16-10-4/h7-13H2,1-6H3/t14?,15-/m1/s1. The fraction of sp³-hybridized carbons (Fsp3) is 1.00. The van der Waals surface area contributed by atoms with Gasteiger partial charge in [0, 0.05) is 6.61 Å². The third-order valence-electron chi connectivity index (χ3n) is 3.85. The molecule has 0 amide bonds. The SMILES string of the molecule is CCCC(C)(CC)OCC[C@@](C)(CC)OCC. The summed E-state index contributed by atoms with van der Waals surface area (Å²) in [6, 6.07) is 0. The first-order valence-electron chi connectivity index (χ1n) is 7.23. The summed E-state index contributed by atoms with van der Waals surface area (Å²) >= 11 is 0. The van der Waals surface area contributed by atoms with Crippen molar-refractivity contribution in [2.24, 2.45) is 0 Å². The van der Waals surface area contributed by atoms with Crippen molar-refractivity contribution in [2.75, 3.05) is 13.2 Å². The molecule has 2 heteroatoms. The molecule has 0 aromatic rings. The molecule has 1 unspecified atom stereocenters. The summed E-state index contributed by atoms with van der Waals surface area (Å²) in [4.78, 5) is 0. The molecule has 2 nitrogen and oxygen atoms in total. The number of rotatable bonds is 10. The third-order valence-corrected chi connectivity index (χ3v) is 3.85. The highest BCUT2D eigenvalue weighted by Crippen LogP contribution is 2.25. The van der Waals surface area contributed by atoms with Crippen molar-refractivity contribution in [3.05, 3.63) is 0 Å². The lowest BCUT2D eigenvalue weighted by molar-refractivity contribution is -0.0877. The average molecular weight is 244 g/mol. The highest BCUT2D eigenvalue weighted by atomic mass is 16.5. The van der Waals surface area contributed by atoms with E-state index in [-0.39, 0.29) is 11.2 Å². The lowest BCUT2D eigenvalue weighted by Gasteiger charge is -2.32. The second kappa shape index (κ2) is 8.10. The molecule has 0 spiro atoms. The minimum Gasteiger partial charge on any atom is -0.375 e. The Hall–Kier alpha value is -0.0800. The first-order chi connectivity index (χ1) is 7.95. The van der Waals surface area contributed by atoms with E-state index >= 15 is 0 Å². The summed E-state index contributed by atoms with van der Waals surface area (Å²) in [5, 5.41) is 0. The van der Waals surface area contributed by atoms with E-state index in [1.54, 1.807) is 0 Å². The van der Waals surface area contributed by atoms with Crippen LogP contribution in [0.3, 0.4) is 0 Å². The van der Waals surface area contributed by atoms with Crippen LogP contribution in [0.15, 0.2) is 0 Å². The van der Waals surface area contributed by atoms with Gasteiger partial charge in [-0.2, -0.15) is 0 Å². The predicted molar refractivity (Wildman–Crippen MR) is 74.5 cm³/mol. The Kier molecular flexibility index (Phi) is 8.06. The maximum atomic E-state index is 6.08. The zero-order valence-corrected chi connectivity index (χ0v) is 12.8. The monoisotopic (exact) mass is 244 g/mol. The molecule has 0 aromatic carbocycles. The molecule has 0 aliphatic carbocycles. The van der Waals surface area contributed by atoms with Gasteiger partial charge in [0.15, 0.2) is 0 Å². The van der Waals surface area contributed by atoms with E-state index in [1.165, 1.54) is 6.42 Å². The van der Waals surface area contributed by atoms with E-state index in [1.807, 2.05) is 0 Å². The van der Waals surface area contributed by atoms with Gasteiger partial charge in [0.2, 0.25) is 0 Å². The highest BCUT2D eigenvalue weighted by molar-refractivity contribution is 4.76. The second-order valence-electron chi connectivity index (χ2n) is 5.39. The van der Waals surface area contributed by atoms with Gasteiger partial charge in [-0.1, -0.05) is 27.2 Å². The van der Waals surface area contributed by atoms with Crippen molar-refractivity contribution in [1.82, 2.24) is 0 Å². The van der Waals surface area contributed by atoms with Crippen LogP contribution in [0.1, 0.15) is 73.6 Å². The third kappa shape index (κ3) is 6.42. The molecule has 0 bridgehead atoms. The van der Waals surface area contributed by atoms with E-state index in [0.29, 0.717) is 0 Å². The Balaban J connectivity index is 4.10. The summed E-state index contributed by atoms with van der Waals surface area (Å²) in [5.41, 5.74) is 0.0330. The summed E-state index contributed by atoms with van der Waals surface area (Å²) in [6.45, 7) is 14.6. The summed E-state index contributed by atoms with van der Waals surface area (Å²) in [6.07, 6.45) is 5.43. The molecule has 0 heterocycles.